The van der Waals surface area contributed by atoms with E-state index in [1.165, 1.54) is 0 Å². The number of carbonyl (C=O) groups excluding carboxylic acids is 2. The van der Waals surface area contributed by atoms with Crippen molar-refractivity contribution in [3.63, 3.8) is 0 Å². The molecule has 8 nitrogen and oxygen atoms in total. The first-order chi connectivity index (χ1) is 19.6. The van der Waals surface area contributed by atoms with Crippen molar-refractivity contribution >= 4 is 34.6 Å². The zero-order valence-electron chi connectivity index (χ0n) is 22.5. The van der Waals surface area contributed by atoms with Gasteiger partial charge in [-0.3, -0.25) is 9.59 Å². The molecule has 0 aliphatic rings. The maximum Gasteiger partial charge on any atom is 0.265 e. The van der Waals surface area contributed by atoms with Gasteiger partial charge >= 0.3 is 0 Å². The summed E-state index contributed by atoms with van der Waals surface area (Å²) in [5.41, 5.74) is 1.96. The lowest BCUT2D eigenvalue weighted by atomic mass is 10.2. The first kappa shape index (κ1) is 28.0. The van der Waals surface area contributed by atoms with Crippen molar-refractivity contribution < 1.29 is 19.1 Å². The molecule has 40 heavy (non-hydrogen) atoms. The Bertz CT molecular complexity index is 1410. The van der Waals surface area contributed by atoms with Crippen LogP contribution in [0.5, 0.6) is 11.5 Å². The van der Waals surface area contributed by atoms with Crippen LogP contribution in [0, 0.1) is 0 Å². The molecule has 0 fully saturated rings. The van der Waals surface area contributed by atoms with Crippen LogP contribution in [0.1, 0.15) is 26.7 Å². The molecule has 0 bridgehead atoms. The van der Waals surface area contributed by atoms with E-state index in [4.69, 9.17) is 9.47 Å². The number of hydrogen-bond acceptors (Lipinski definition) is 6. The third-order valence-electron chi connectivity index (χ3n) is 5.92. The molecular formula is C32H32N4O4. The minimum atomic E-state index is -0.733. The van der Waals surface area contributed by atoms with Crippen LogP contribution in [-0.4, -0.2) is 24.0 Å². The Morgan fingerprint density at radius 1 is 0.650 bits per heavy atom. The molecule has 8 heteroatoms. The van der Waals surface area contributed by atoms with Crippen LogP contribution in [-0.2, 0) is 9.59 Å². The van der Waals surface area contributed by atoms with E-state index in [0.717, 1.165) is 0 Å². The van der Waals surface area contributed by atoms with Gasteiger partial charge in [-0.1, -0.05) is 68.4 Å². The zero-order chi connectivity index (χ0) is 28.2. The Kier molecular flexibility index (Phi) is 9.99. The van der Waals surface area contributed by atoms with Crippen LogP contribution in [0.3, 0.4) is 0 Å². The van der Waals surface area contributed by atoms with E-state index in [2.05, 4.69) is 20.9 Å². The number of nitrogens with one attached hydrogen (secondary N) is 2. The lowest BCUT2D eigenvalue weighted by Crippen LogP contribution is -2.33. The predicted octanol–water partition coefficient (Wildman–Crippen LogP) is 7.69. The fourth-order valence-corrected chi connectivity index (χ4v) is 3.81. The van der Waals surface area contributed by atoms with Gasteiger partial charge in [0, 0.05) is 5.69 Å². The highest BCUT2D eigenvalue weighted by molar-refractivity contribution is 5.99. The summed E-state index contributed by atoms with van der Waals surface area (Å²) in [6.07, 6.45) is -0.500. The fourth-order valence-electron chi connectivity index (χ4n) is 3.81. The number of nitrogens with zero attached hydrogens (tertiary/aromatic N) is 2. The van der Waals surface area contributed by atoms with Crippen molar-refractivity contribution in [1.82, 2.24) is 0 Å². The Morgan fingerprint density at radius 2 is 1.15 bits per heavy atom. The largest absolute Gasteiger partial charge is 0.481 e. The maximum atomic E-state index is 13.3. The van der Waals surface area contributed by atoms with E-state index in [1.54, 1.807) is 42.5 Å². The number of para-hydroxylation sites is 2. The third-order valence-corrected chi connectivity index (χ3v) is 5.92. The van der Waals surface area contributed by atoms with Crippen LogP contribution in [0.15, 0.2) is 119 Å². The van der Waals surface area contributed by atoms with Gasteiger partial charge in [-0.05, 0) is 67.4 Å². The summed E-state index contributed by atoms with van der Waals surface area (Å²) in [5, 5.41) is 14.5. The van der Waals surface area contributed by atoms with Crippen LogP contribution in [0.2, 0.25) is 0 Å². The van der Waals surface area contributed by atoms with Crippen molar-refractivity contribution in [3.8, 4) is 11.5 Å². The van der Waals surface area contributed by atoms with Gasteiger partial charge in [0.1, 0.15) is 17.2 Å². The van der Waals surface area contributed by atoms with Crippen molar-refractivity contribution in [3.05, 3.63) is 109 Å². The lowest BCUT2D eigenvalue weighted by Gasteiger charge is -2.19. The highest BCUT2D eigenvalue weighted by Gasteiger charge is 2.22. The number of carbonyl (C=O) groups is 2. The van der Waals surface area contributed by atoms with Gasteiger partial charge in [0.15, 0.2) is 12.2 Å². The second-order valence-electron chi connectivity index (χ2n) is 8.90. The summed E-state index contributed by atoms with van der Waals surface area (Å²) in [7, 11) is 0. The van der Waals surface area contributed by atoms with Gasteiger partial charge in [0.05, 0.1) is 11.4 Å². The van der Waals surface area contributed by atoms with Crippen molar-refractivity contribution in [2.45, 2.75) is 38.9 Å². The molecule has 0 saturated heterocycles. The number of azo groups is 1. The first-order valence-corrected chi connectivity index (χ1v) is 13.2. The quantitative estimate of drug-likeness (QED) is 0.181. The average molecular weight is 537 g/mol. The van der Waals surface area contributed by atoms with E-state index < -0.39 is 12.2 Å². The summed E-state index contributed by atoms with van der Waals surface area (Å²) < 4.78 is 11.8. The number of rotatable bonds is 12. The third kappa shape index (κ3) is 8.01. The Morgan fingerprint density at radius 3 is 1.68 bits per heavy atom. The lowest BCUT2D eigenvalue weighted by molar-refractivity contribution is -0.123. The Labute approximate surface area is 234 Å². The van der Waals surface area contributed by atoms with Gasteiger partial charge < -0.3 is 20.1 Å². The highest BCUT2D eigenvalue weighted by Crippen LogP contribution is 2.31. The second-order valence-corrected chi connectivity index (χ2v) is 8.90. The summed E-state index contributed by atoms with van der Waals surface area (Å²) in [4.78, 5) is 26.3. The van der Waals surface area contributed by atoms with Crippen molar-refractivity contribution in [2.24, 2.45) is 10.2 Å². The van der Waals surface area contributed by atoms with E-state index >= 15 is 0 Å². The van der Waals surface area contributed by atoms with Gasteiger partial charge in [-0.15, -0.1) is 5.11 Å². The molecule has 204 valence electrons. The van der Waals surface area contributed by atoms with Gasteiger partial charge in [0.25, 0.3) is 11.8 Å². The van der Waals surface area contributed by atoms with E-state index in [1.807, 2.05) is 80.6 Å². The molecular weight excluding hydrogens is 504 g/mol. The van der Waals surface area contributed by atoms with E-state index in [9.17, 15) is 9.59 Å². The molecule has 0 spiro atoms. The predicted molar refractivity (Wildman–Crippen MR) is 157 cm³/mol. The van der Waals surface area contributed by atoms with Crippen LogP contribution in [0.4, 0.5) is 22.7 Å². The number of hydrogen-bond donors (Lipinski definition) is 2. The number of amides is 2. The topological polar surface area (TPSA) is 101 Å². The van der Waals surface area contributed by atoms with Crippen LogP contribution < -0.4 is 20.1 Å². The molecule has 0 heterocycles. The molecule has 0 radical (unpaired) electrons. The number of benzene rings is 4. The summed E-state index contributed by atoms with van der Waals surface area (Å²) in [5.74, 6) is 0.558. The van der Waals surface area contributed by atoms with Crippen molar-refractivity contribution in [2.75, 3.05) is 10.6 Å². The normalized spacial score (nSPS) is 12.3. The van der Waals surface area contributed by atoms with Crippen LogP contribution in [0.25, 0.3) is 0 Å². The summed E-state index contributed by atoms with van der Waals surface area (Å²) in [6.45, 7) is 3.75. The number of anilines is 2. The van der Waals surface area contributed by atoms with Gasteiger partial charge in [-0.2, -0.15) is 5.11 Å². The molecule has 4 rings (SSSR count). The first-order valence-electron chi connectivity index (χ1n) is 13.2. The van der Waals surface area contributed by atoms with Gasteiger partial charge in [0.2, 0.25) is 0 Å². The molecule has 0 saturated carbocycles. The molecule has 2 unspecified atom stereocenters. The van der Waals surface area contributed by atoms with Crippen LogP contribution >= 0.6 is 0 Å². The molecule has 2 atom stereocenters. The average Bonchev–Trinajstić information content (AvgIpc) is 2.99. The smallest absolute Gasteiger partial charge is 0.265 e. The monoisotopic (exact) mass is 536 g/mol. The SMILES string of the molecule is CCC(Oc1ccccc1)C(=O)Nc1ccc(N=Nc2ccccc2)c(NC(=O)C(CC)Oc2ccccc2)c1. The molecule has 2 N–H and O–H groups in total. The molecule has 0 aliphatic carbocycles. The molecule has 4 aromatic carbocycles. The molecule has 4 aromatic rings. The summed E-state index contributed by atoms with van der Waals surface area (Å²) >= 11 is 0. The maximum absolute atomic E-state index is 13.3. The van der Waals surface area contributed by atoms with E-state index in [0.29, 0.717) is 47.1 Å². The minimum absolute atomic E-state index is 0.305. The summed E-state index contributed by atoms with van der Waals surface area (Å²) in [6, 6.07) is 32.7. The fraction of sp³-hybridized carbons (Fsp3) is 0.188. The number of ether oxygens (including phenoxy) is 2. The Hall–Kier alpha value is -4.98. The molecule has 0 aliphatic heterocycles. The standard InChI is InChI=1S/C32H32N4O4/c1-3-29(39-25-16-10-6-11-17-25)31(37)33-24-20-21-27(36-35-23-14-8-5-9-15-23)28(22-24)34-32(38)30(4-2)40-26-18-12-7-13-19-26/h5-22,29-30H,3-4H2,1-2H3,(H,33,37)(H,34,38). The molecule has 2 amide bonds. The van der Waals surface area contributed by atoms with E-state index in [-0.39, 0.29) is 11.8 Å². The van der Waals surface area contributed by atoms with Gasteiger partial charge in [-0.25, -0.2) is 0 Å². The molecule has 0 aromatic heterocycles. The zero-order valence-corrected chi connectivity index (χ0v) is 22.5. The second kappa shape index (κ2) is 14.2. The van der Waals surface area contributed by atoms with Crippen molar-refractivity contribution in [1.29, 1.82) is 0 Å². The minimum Gasteiger partial charge on any atom is -0.481 e. The Balaban J connectivity index is 1.55. The highest BCUT2D eigenvalue weighted by atomic mass is 16.5.